The van der Waals surface area contributed by atoms with Gasteiger partial charge in [0.1, 0.15) is 5.82 Å². The van der Waals surface area contributed by atoms with E-state index in [-0.39, 0.29) is 0 Å². The Labute approximate surface area is 71.5 Å². The van der Waals surface area contributed by atoms with Gasteiger partial charge < -0.3 is 10.6 Å². The van der Waals surface area contributed by atoms with Crippen LogP contribution in [0.5, 0.6) is 0 Å². The smallest absolute Gasteiger partial charge is 0.146 e. The van der Waals surface area contributed by atoms with Gasteiger partial charge in [0, 0.05) is 19.3 Å². The van der Waals surface area contributed by atoms with E-state index in [1.54, 1.807) is 6.20 Å². The molecular formula is C9H11N3. The molecule has 2 N–H and O–H groups in total. The van der Waals surface area contributed by atoms with Gasteiger partial charge in [-0.25, -0.2) is 4.98 Å². The fraction of sp³-hybridized carbons (Fsp3) is 0.222. The quantitative estimate of drug-likeness (QED) is 0.626. The number of aromatic nitrogens is 1. The first-order chi connectivity index (χ1) is 5.88. The summed E-state index contributed by atoms with van der Waals surface area (Å²) in [6, 6.07) is 3.90. The molecule has 0 radical (unpaired) electrons. The van der Waals surface area contributed by atoms with Crippen LogP contribution in [0.3, 0.4) is 0 Å². The molecule has 0 bridgehead atoms. The number of rotatable bonds is 1. The zero-order chi connectivity index (χ0) is 8.39. The summed E-state index contributed by atoms with van der Waals surface area (Å²) in [5.41, 5.74) is 6.75. The molecular weight excluding hydrogens is 150 g/mol. The second-order valence-electron chi connectivity index (χ2n) is 2.78. The molecule has 0 fully saturated rings. The van der Waals surface area contributed by atoms with Crippen molar-refractivity contribution < 1.29 is 0 Å². The maximum absolute atomic E-state index is 5.72. The largest absolute Gasteiger partial charge is 0.382 e. The van der Waals surface area contributed by atoms with Crippen molar-refractivity contribution in [2.24, 2.45) is 0 Å². The highest BCUT2D eigenvalue weighted by Crippen LogP contribution is 2.21. The van der Waals surface area contributed by atoms with Crippen LogP contribution in [0, 0.1) is 0 Å². The van der Waals surface area contributed by atoms with Crippen molar-refractivity contribution in [1.29, 1.82) is 0 Å². The molecule has 0 atom stereocenters. The summed E-state index contributed by atoms with van der Waals surface area (Å²) in [6.45, 7) is 1.88. The van der Waals surface area contributed by atoms with Crippen molar-refractivity contribution in [3.05, 3.63) is 30.5 Å². The molecule has 0 aromatic carbocycles. The van der Waals surface area contributed by atoms with Gasteiger partial charge in [0.05, 0.1) is 5.69 Å². The van der Waals surface area contributed by atoms with Gasteiger partial charge in [-0.15, -0.1) is 0 Å². The van der Waals surface area contributed by atoms with E-state index in [1.165, 1.54) is 0 Å². The predicted octanol–water partition coefficient (Wildman–Crippen LogP) is 1.04. The monoisotopic (exact) mass is 161 g/mol. The van der Waals surface area contributed by atoms with Crippen molar-refractivity contribution in [3.8, 4) is 0 Å². The molecule has 1 aliphatic rings. The molecule has 1 aromatic rings. The molecule has 0 unspecified atom stereocenters. The third-order valence-electron chi connectivity index (χ3n) is 1.98. The Morgan fingerprint density at radius 1 is 1.33 bits per heavy atom. The standard InChI is InChI=1S/C9H11N3/c10-9-8(4-3-5-11-9)12-6-1-2-7-12/h1-5H,6-7H2,(H2,10,11). The van der Waals surface area contributed by atoms with Crippen LogP contribution >= 0.6 is 0 Å². The van der Waals surface area contributed by atoms with Crippen LogP contribution < -0.4 is 10.6 Å². The lowest BCUT2D eigenvalue weighted by atomic mass is 10.3. The maximum atomic E-state index is 5.72. The van der Waals surface area contributed by atoms with Gasteiger partial charge in [0.15, 0.2) is 0 Å². The lowest BCUT2D eigenvalue weighted by Gasteiger charge is -2.18. The number of hydrogen-bond donors (Lipinski definition) is 1. The summed E-state index contributed by atoms with van der Waals surface area (Å²) in [4.78, 5) is 6.21. The third-order valence-corrected chi connectivity index (χ3v) is 1.98. The lowest BCUT2D eigenvalue weighted by molar-refractivity contribution is 1.00. The van der Waals surface area contributed by atoms with Crippen molar-refractivity contribution >= 4 is 11.5 Å². The first-order valence-corrected chi connectivity index (χ1v) is 3.98. The Morgan fingerprint density at radius 2 is 2.08 bits per heavy atom. The number of nitrogens with two attached hydrogens (primary N) is 1. The first-order valence-electron chi connectivity index (χ1n) is 3.98. The van der Waals surface area contributed by atoms with E-state index in [9.17, 15) is 0 Å². The molecule has 2 heterocycles. The SMILES string of the molecule is Nc1ncccc1N1CC=CC1. The minimum atomic E-state index is 0.612. The maximum Gasteiger partial charge on any atom is 0.146 e. The lowest BCUT2D eigenvalue weighted by Crippen LogP contribution is -2.20. The molecule has 1 aromatic heterocycles. The molecule has 62 valence electrons. The van der Waals surface area contributed by atoms with Gasteiger partial charge in [-0.2, -0.15) is 0 Å². The highest BCUT2D eigenvalue weighted by Gasteiger charge is 2.09. The first kappa shape index (κ1) is 7.16. The van der Waals surface area contributed by atoms with E-state index < -0.39 is 0 Å². The molecule has 0 amide bonds. The number of hydrogen-bond acceptors (Lipinski definition) is 3. The van der Waals surface area contributed by atoms with Crippen LogP contribution in [-0.4, -0.2) is 18.1 Å². The molecule has 0 saturated heterocycles. The van der Waals surface area contributed by atoms with Crippen LogP contribution in [0.2, 0.25) is 0 Å². The molecule has 3 nitrogen and oxygen atoms in total. The van der Waals surface area contributed by atoms with Gasteiger partial charge >= 0.3 is 0 Å². The van der Waals surface area contributed by atoms with Crippen LogP contribution in [0.15, 0.2) is 30.5 Å². The number of nitrogen functional groups attached to an aromatic ring is 1. The Kier molecular flexibility index (Phi) is 1.70. The van der Waals surface area contributed by atoms with Gasteiger partial charge in [-0.3, -0.25) is 0 Å². The van der Waals surface area contributed by atoms with E-state index in [0.717, 1.165) is 18.8 Å². The second kappa shape index (κ2) is 2.85. The molecule has 1 aliphatic heterocycles. The normalized spacial score (nSPS) is 15.5. The van der Waals surface area contributed by atoms with Crippen LogP contribution in [0.25, 0.3) is 0 Å². The van der Waals surface area contributed by atoms with Gasteiger partial charge in [0.25, 0.3) is 0 Å². The highest BCUT2D eigenvalue weighted by atomic mass is 15.2. The molecule has 0 spiro atoms. The van der Waals surface area contributed by atoms with Gasteiger partial charge in [0.2, 0.25) is 0 Å². The summed E-state index contributed by atoms with van der Waals surface area (Å²) in [5, 5.41) is 0. The summed E-state index contributed by atoms with van der Waals surface area (Å²) in [6.07, 6.45) is 5.97. The van der Waals surface area contributed by atoms with E-state index >= 15 is 0 Å². The second-order valence-corrected chi connectivity index (χ2v) is 2.78. The van der Waals surface area contributed by atoms with Crippen molar-refractivity contribution in [1.82, 2.24) is 4.98 Å². The fourth-order valence-electron chi connectivity index (χ4n) is 1.35. The topological polar surface area (TPSA) is 42.1 Å². The van der Waals surface area contributed by atoms with Crippen molar-refractivity contribution in [2.75, 3.05) is 23.7 Å². The summed E-state index contributed by atoms with van der Waals surface area (Å²) in [5.74, 6) is 0.612. The third kappa shape index (κ3) is 1.13. The van der Waals surface area contributed by atoms with E-state index in [1.807, 2.05) is 12.1 Å². The van der Waals surface area contributed by atoms with Gasteiger partial charge in [-0.05, 0) is 12.1 Å². The predicted molar refractivity (Wildman–Crippen MR) is 50.0 cm³/mol. The Bertz CT molecular complexity index is 298. The summed E-state index contributed by atoms with van der Waals surface area (Å²) < 4.78 is 0. The number of anilines is 2. The molecule has 0 saturated carbocycles. The van der Waals surface area contributed by atoms with Crippen LogP contribution in [0.4, 0.5) is 11.5 Å². The zero-order valence-electron chi connectivity index (χ0n) is 6.77. The average Bonchev–Trinajstić information content (AvgIpc) is 2.57. The number of pyridine rings is 1. The van der Waals surface area contributed by atoms with Crippen LogP contribution in [-0.2, 0) is 0 Å². The van der Waals surface area contributed by atoms with E-state index in [2.05, 4.69) is 22.0 Å². The molecule has 3 heteroatoms. The van der Waals surface area contributed by atoms with E-state index in [0.29, 0.717) is 5.82 Å². The number of nitrogens with zero attached hydrogens (tertiary/aromatic N) is 2. The Hall–Kier alpha value is -1.51. The molecule has 0 aliphatic carbocycles. The summed E-state index contributed by atoms with van der Waals surface area (Å²) in [7, 11) is 0. The molecule has 2 rings (SSSR count). The minimum Gasteiger partial charge on any atom is -0.382 e. The molecule has 12 heavy (non-hydrogen) atoms. The summed E-state index contributed by atoms with van der Waals surface area (Å²) >= 11 is 0. The Balaban J connectivity index is 2.27. The van der Waals surface area contributed by atoms with Gasteiger partial charge in [-0.1, -0.05) is 12.2 Å². The van der Waals surface area contributed by atoms with Crippen LogP contribution in [0.1, 0.15) is 0 Å². The Morgan fingerprint density at radius 3 is 2.75 bits per heavy atom. The zero-order valence-corrected chi connectivity index (χ0v) is 6.77. The minimum absolute atomic E-state index is 0.612. The van der Waals surface area contributed by atoms with E-state index in [4.69, 9.17) is 5.73 Å². The average molecular weight is 161 g/mol. The fourth-order valence-corrected chi connectivity index (χ4v) is 1.35. The van der Waals surface area contributed by atoms with Crippen molar-refractivity contribution in [2.45, 2.75) is 0 Å². The van der Waals surface area contributed by atoms with Crippen molar-refractivity contribution in [3.63, 3.8) is 0 Å². The highest BCUT2D eigenvalue weighted by molar-refractivity contribution is 5.64.